The van der Waals surface area contributed by atoms with Gasteiger partial charge in [-0.3, -0.25) is 9.20 Å². The number of amides is 2. The zero-order chi connectivity index (χ0) is 25.7. The predicted molar refractivity (Wildman–Crippen MR) is 139 cm³/mol. The van der Waals surface area contributed by atoms with Crippen LogP contribution in [-0.4, -0.2) is 50.3 Å². The molecule has 4 aromatic rings. The fourth-order valence-corrected chi connectivity index (χ4v) is 3.72. The molecule has 2 aromatic heterocycles. The molecule has 36 heavy (non-hydrogen) atoms. The summed E-state index contributed by atoms with van der Waals surface area (Å²) in [6, 6.07) is 14.7. The van der Waals surface area contributed by atoms with Crippen molar-refractivity contribution in [2.24, 2.45) is 0 Å². The van der Waals surface area contributed by atoms with E-state index in [0.29, 0.717) is 35.9 Å². The summed E-state index contributed by atoms with van der Waals surface area (Å²) in [6.45, 7) is 8.53. The second kappa shape index (κ2) is 10.6. The Kier molecular flexibility index (Phi) is 7.33. The van der Waals surface area contributed by atoms with E-state index in [1.54, 1.807) is 12.1 Å². The van der Waals surface area contributed by atoms with Gasteiger partial charge in [-0.2, -0.15) is 0 Å². The number of para-hydroxylation sites is 1. The second-order valence-corrected chi connectivity index (χ2v) is 9.45. The van der Waals surface area contributed by atoms with Gasteiger partial charge in [-0.1, -0.05) is 18.2 Å². The van der Waals surface area contributed by atoms with Gasteiger partial charge in [-0.15, -0.1) is 10.2 Å². The number of anilines is 2. The van der Waals surface area contributed by atoms with Crippen molar-refractivity contribution >= 4 is 40.2 Å². The first-order valence-corrected chi connectivity index (χ1v) is 11.9. The Balaban J connectivity index is 1.43. The normalized spacial score (nSPS) is 11.4. The first-order valence-electron chi connectivity index (χ1n) is 11.9. The van der Waals surface area contributed by atoms with Crippen LogP contribution < -0.4 is 16.0 Å². The third-order valence-electron chi connectivity index (χ3n) is 5.34. The van der Waals surface area contributed by atoms with E-state index in [-0.39, 0.29) is 5.91 Å². The molecule has 0 saturated heterocycles. The molecule has 0 aliphatic carbocycles. The van der Waals surface area contributed by atoms with Gasteiger partial charge in [-0.05, 0) is 70.9 Å². The quantitative estimate of drug-likeness (QED) is 0.310. The Morgan fingerprint density at radius 2 is 1.75 bits per heavy atom. The van der Waals surface area contributed by atoms with E-state index in [0.717, 1.165) is 29.6 Å². The lowest BCUT2D eigenvalue weighted by Crippen LogP contribution is -2.33. The van der Waals surface area contributed by atoms with E-state index in [1.165, 1.54) is 0 Å². The minimum atomic E-state index is -0.512. The number of rotatable bonds is 8. The van der Waals surface area contributed by atoms with E-state index in [2.05, 4.69) is 26.1 Å². The van der Waals surface area contributed by atoms with Crippen molar-refractivity contribution in [1.82, 2.24) is 24.9 Å². The van der Waals surface area contributed by atoms with E-state index < -0.39 is 11.7 Å². The van der Waals surface area contributed by atoms with Crippen LogP contribution in [0.5, 0.6) is 0 Å². The maximum Gasteiger partial charge on any atom is 0.407 e. The molecule has 0 aliphatic rings. The lowest BCUT2D eigenvalue weighted by atomic mass is 10.1. The molecular formula is C26H31N7O3. The molecule has 0 atom stereocenters. The summed E-state index contributed by atoms with van der Waals surface area (Å²) in [5.74, 6) is 1.11. The molecular weight excluding hydrogens is 458 g/mol. The molecule has 0 saturated carbocycles. The minimum Gasteiger partial charge on any atom is -0.444 e. The topological polar surface area (TPSA) is 123 Å². The molecule has 0 aliphatic heterocycles. The van der Waals surface area contributed by atoms with Crippen molar-refractivity contribution in [2.45, 2.75) is 46.1 Å². The molecule has 10 heteroatoms. The predicted octanol–water partition coefficient (Wildman–Crippen LogP) is 4.56. The highest BCUT2D eigenvalue weighted by Crippen LogP contribution is 2.23. The lowest BCUT2D eigenvalue weighted by molar-refractivity contribution is 0.0527. The van der Waals surface area contributed by atoms with Crippen molar-refractivity contribution in [1.29, 1.82) is 0 Å². The number of hydrogen-bond acceptors (Lipinski definition) is 7. The minimum absolute atomic E-state index is 0.204. The summed E-state index contributed by atoms with van der Waals surface area (Å²) in [5, 5.41) is 17.5. The van der Waals surface area contributed by atoms with Crippen LogP contribution in [0, 0.1) is 6.92 Å². The number of hydrogen-bond donors (Lipinski definition) is 3. The van der Waals surface area contributed by atoms with Crippen LogP contribution in [0.1, 0.15) is 49.8 Å². The van der Waals surface area contributed by atoms with E-state index in [1.807, 2.05) is 68.5 Å². The van der Waals surface area contributed by atoms with E-state index in [4.69, 9.17) is 9.72 Å². The fourth-order valence-electron chi connectivity index (χ4n) is 3.72. The average Bonchev–Trinajstić information content (AvgIpc) is 3.22. The summed E-state index contributed by atoms with van der Waals surface area (Å²) < 4.78 is 7.14. The van der Waals surface area contributed by atoms with Crippen LogP contribution in [0.4, 0.5) is 16.3 Å². The van der Waals surface area contributed by atoms with E-state index >= 15 is 0 Å². The molecule has 0 spiro atoms. The van der Waals surface area contributed by atoms with Crippen LogP contribution in [0.2, 0.25) is 0 Å². The number of fused-ring (bicyclic) bond motifs is 3. The molecule has 2 heterocycles. The first-order chi connectivity index (χ1) is 17.2. The van der Waals surface area contributed by atoms with Gasteiger partial charge in [0.05, 0.1) is 11.0 Å². The van der Waals surface area contributed by atoms with Gasteiger partial charge in [0.25, 0.3) is 5.91 Å². The zero-order valence-corrected chi connectivity index (χ0v) is 21.0. The standard InChI is InChI=1S/C26H31N7O3/c1-17-31-32-23-22(27-14-8-9-15-28-25(35)36-26(2,3)4)30-20-13-12-18(16-21(20)33(17)23)24(34)29-19-10-6-5-7-11-19/h5-7,10-13,16H,8-9,14-15H2,1-4H3,(H,27,30)(H,28,35)(H,29,34). The number of carbonyl (C=O) groups is 2. The largest absolute Gasteiger partial charge is 0.444 e. The van der Waals surface area contributed by atoms with Crippen LogP contribution in [0.15, 0.2) is 48.5 Å². The number of benzene rings is 2. The summed E-state index contributed by atoms with van der Waals surface area (Å²) in [4.78, 5) is 29.3. The molecule has 0 fully saturated rings. The maximum atomic E-state index is 12.8. The van der Waals surface area contributed by atoms with Gasteiger partial charge in [0.2, 0.25) is 5.65 Å². The smallest absolute Gasteiger partial charge is 0.407 e. The highest BCUT2D eigenvalue weighted by molar-refractivity contribution is 6.06. The Labute approximate surface area is 209 Å². The number of nitrogens with one attached hydrogen (secondary N) is 3. The first kappa shape index (κ1) is 24.9. The monoisotopic (exact) mass is 489 g/mol. The Bertz CT molecular complexity index is 1380. The number of alkyl carbamates (subject to hydrolysis) is 1. The lowest BCUT2D eigenvalue weighted by Gasteiger charge is -2.19. The molecule has 2 amide bonds. The van der Waals surface area contributed by atoms with E-state index in [9.17, 15) is 9.59 Å². The number of unbranched alkanes of at least 4 members (excludes halogenated alkanes) is 1. The average molecular weight is 490 g/mol. The van der Waals surface area contributed by atoms with Crippen molar-refractivity contribution in [3.05, 3.63) is 59.9 Å². The molecule has 188 valence electrons. The number of aryl methyl sites for hydroxylation is 1. The number of aromatic nitrogens is 4. The van der Waals surface area contributed by atoms with Crippen molar-refractivity contribution in [3.63, 3.8) is 0 Å². The summed E-state index contributed by atoms with van der Waals surface area (Å²) >= 11 is 0. The molecule has 0 bridgehead atoms. The Morgan fingerprint density at radius 3 is 2.50 bits per heavy atom. The number of nitrogens with zero attached hydrogens (tertiary/aromatic N) is 4. The van der Waals surface area contributed by atoms with Gasteiger partial charge in [0.1, 0.15) is 11.4 Å². The molecule has 0 unspecified atom stereocenters. The highest BCUT2D eigenvalue weighted by Gasteiger charge is 2.16. The van der Waals surface area contributed by atoms with Gasteiger partial charge in [0, 0.05) is 24.3 Å². The van der Waals surface area contributed by atoms with Crippen LogP contribution in [-0.2, 0) is 4.74 Å². The SMILES string of the molecule is Cc1nnc2c(NCCCCNC(=O)OC(C)(C)C)nc3ccc(C(=O)Nc4ccccc4)cc3n12. The molecule has 10 nitrogen and oxygen atoms in total. The van der Waals surface area contributed by atoms with Gasteiger partial charge < -0.3 is 20.7 Å². The highest BCUT2D eigenvalue weighted by atomic mass is 16.6. The zero-order valence-electron chi connectivity index (χ0n) is 21.0. The van der Waals surface area contributed by atoms with Gasteiger partial charge >= 0.3 is 6.09 Å². The second-order valence-electron chi connectivity index (χ2n) is 9.45. The molecule has 4 rings (SSSR count). The Morgan fingerprint density at radius 1 is 1.00 bits per heavy atom. The molecule has 0 radical (unpaired) electrons. The number of carbonyl (C=O) groups excluding carboxylic acids is 2. The van der Waals surface area contributed by atoms with Crippen LogP contribution in [0.3, 0.4) is 0 Å². The van der Waals surface area contributed by atoms with Crippen molar-refractivity contribution in [3.8, 4) is 0 Å². The van der Waals surface area contributed by atoms with Crippen LogP contribution in [0.25, 0.3) is 16.7 Å². The summed E-state index contributed by atoms with van der Waals surface area (Å²) in [6.07, 6.45) is 1.18. The summed E-state index contributed by atoms with van der Waals surface area (Å²) in [5.41, 5.74) is 2.79. The van der Waals surface area contributed by atoms with Gasteiger partial charge in [-0.25, -0.2) is 9.78 Å². The Hall–Kier alpha value is -4.21. The fraction of sp³-hybridized carbons (Fsp3) is 0.346. The van der Waals surface area contributed by atoms with Crippen LogP contribution >= 0.6 is 0 Å². The maximum absolute atomic E-state index is 12.8. The number of ether oxygens (including phenoxy) is 1. The molecule has 2 aromatic carbocycles. The van der Waals surface area contributed by atoms with Crippen molar-refractivity contribution in [2.75, 3.05) is 23.7 Å². The third kappa shape index (κ3) is 6.07. The molecule has 3 N–H and O–H groups in total. The third-order valence-corrected chi connectivity index (χ3v) is 5.34. The van der Waals surface area contributed by atoms with Gasteiger partial charge in [0.15, 0.2) is 5.82 Å². The summed E-state index contributed by atoms with van der Waals surface area (Å²) in [7, 11) is 0. The van der Waals surface area contributed by atoms with Crippen molar-refractivity contribution < 1.29 is 14.3 Å².